The lowest BCUT2D eigenvalue weighted by Crippen LogP contribution is -2.20. The first kappa shape index (κ1) is 15.4. The second-order valence-electron chi connectivity index (χ2n) is 4.82. The largest absolute Gasteiger partial charge is 0.381 e. The van der Waals surface area contributed by atoms with Crippen molar-refractivity contribution < 1.29 is 4.74 Å². The molecule has 0 rings (SSSR count). The second kappa shape index (κ2) is 9.62. The number of hydrogen-bond acceptors (Lipinski definition) is 3. The summed E-state index contributed by atoms with van der Waals surface area (Å²) in [5, 5.41) is 12.2. The summed E-state index contributed by atoms with van der Waals surface area (Å²) in [6.07, 6.45) is 4.19. The molecule has 0 aromatic rings. The molecule has 0 saturated carbocycles. The maximum Gasteiger partial charge on any atom is 0.0683 e. The molecule has 0 unspecified atom stereocenters. The molecule has 16 heavy (non-hydrogen) atoms. The van der Waals surface area contributed by atoms with E-state index in [2.05, 4.69) is 18.3 Å². The molecule has 0 amide bonds. The van der Waals surface area contributed by atoms with E-state index in [4.69, 9.17) is 10.00 Å². The molecule has 0 spiro atoms. The normalized spacial score (nSPS) is 11.4. The van der Waals surface area contributed by atoms with Crippen molar-refractivity contribution in [2.24, 2.45) is 5.41 Å². The summed E-state index contributed by atoms with van der Waals surface area (Å²) in [4.78, 5) is 0. The Hall–Kier alpha value is -0.590. The van der Waals surface area contributed by atoms with Crippen LogP contribution in [-0.4, -0.2) is 26.3 Å². The molecule has 0 fully saturated rings. The molecule has 0 radical (unpaired) electrons. The van der Waals surface area contributed by atoms with Crippen molar-refractivity contribution >= 4 is 0 Å². The number of hydrogen-bond donors (Lipinski definition) is 1. The van der Waals surface area contributed by atoms with Gasteiger partial charge >= 0.3 is 0 Å². The van der Waals surface area contributed by atoms with Crippen molar-refractivity contribution in [2.75, 3.05) is 26.3 Å². The molecule has 0 aliphatic heterocycles. The van der Waals surface area contributed by atoms with Crippen molar-refractivity contribution in [3.05, 3.63) is 0 Å². The number of nitriles is 1. The fraction of sp³-hybridized carbons (Fsp3) is 0.923. The van der Waals surface area contributed by atoms with Crippen LogP contribution in [0.3, 0.4) is 0 Å². The number of ether oxygens (including phenoxy) is 1. The Morgan fingerprint density at radius 1 is 1.19 bits per heavy atom. The van der Waals surface area contributed by atoms with Crippen LogP contribution >= 0.6 is 0 Å². The van der Waals surface area contributed by atoms with Gasteiger partial charge in [-0.3, -0.25) is 0 Å². The van der Waals surface area contributed by atoms with Crippen LogP contribution in [0, 0.1) is 16.7 Å². The average molecular weight is 226 g/mol. The van der Waals surface area contributed by atoms with Gasteiger partial charge < -0.3 is 10.1 Å². The van der Waals surface area contributed by atoms with E-state index in [1.54, 1.807) is 0 Å². The monoisotopic (exact) mass is 226 g/mol. The fourth-order valence-corrected chi connectivity index (χ4v) is 1.38. The quantitative estimate of drug-likeness (QED) is 0.583. The zero-order valence-corrected chi connectivity index (χ0v) is 11.0. The summed E-state index contributed by atoms with van der Waals surface area (Å²) in [6, 6.07) is 2.32. The highest BCUT2D eigenvalue weighted by molar-refractivity contribution is 4.91. The highest BCUT2D eigenvalue weighted by Gasteiger charge is 2.14. The molecule has 0 saturated heterocycles. The first-order valence-corrected chi connectivity index (χ1v) is 6.32. The summed E-state index contributed by atoms with van der Waals surface area (Å²) >= 11 is 0. The zero-order chi connectivity index (χ0) is 12.3. The SMILES string of the molecule is CCCOCCCNCCCC(C)(C)C#N. The lowest BCUT2D eigenvalue weighted by Gasteiger charge is -2.14. The maximum absolute atomic E-state index is 8.83. The minimum atomic E-state index is -0.175. The number of nitrogens with zero attached hydrogens (tertiary/aromatic N) is 1. The van der Waals surface area contributed by atoms with E-state index < -0.39 is 0 Å². The van der Waals surface area contributed by atoms with Gasteiger partial charge in [0, 0.05) is 13.2 Å². The molecule has 1 N–H and O–H groups in total. The summed E-state index contributed by atoms with van der Waals surface area (Å²) < 4.78 is 5.38. The topological polar surface area (TPSA) is 45.0 Å². The van der Waals surface area contributed by atoms with Crippen LogP contribution in [0.5, 0.6) is 0 Å². The van der Waals surface area contributed by atoms with Gasteiger partial charge in [-0.2, -0.15) is 5.26 Å². The van der Waals surface area contributed by atoms with Crippen LogP contribution < -0.4 is 5.32 Å². The molecule has 94 valence electrons. The zero-order valence-electron chi connectivity index (χ0n) is 11.0. The van der Waals surface area contributed by atoms with Gasteiger partial charge in [0.25, 0.3) is 0 Å². The molecule has 0 bridgehead atoms. The minimum Gasteiger partial charge on any atom is -0.381 e. The van der Waals surface area contributed by atoms with Gasteiger partial charge in [0.15, 0.2) is 0 Å². The first-order valence-electron chi connectivity index (χ1n) is 6.32. The van der Waals surface area contributed by atoms with Gasteiger partial charge in [0.2, 0.25) is 0 Å². The van der Waals surface area contributed by atoms with Gasteiger partial charge in [0.05, 0.1) is 11.5 Å². The molecular weight excluding hydrogens is 200 g/mol. The van der Waals surface area contributed by atoms with Gasteiger partial charge in [-0.15, -0.1) is 0 Å². The molecule has 0 atom stereocenters. The van der Waals surface area contributed by atoms with Crippen molar-refractivity contribution in [1.82, 2.24) is 5.32 Å². The fourth-order valence-electron chi connectivity index (χ4n) is 1.38. The molecule has 0 heterocycles. The van der Waals surface area contributed by atoms with Crippen LogP contribution in [0.2, 0.25) is 0 Å². The molecule has 3 nitrogen and oxygen atoms in total. The Balaban J connectivity index is 3.14. The third kappa shape index (κ3) is 9.95. The van der Waals surface area contributed by atoms with E-state index in [-0.39, 0.29) is 5.41 Å². The lowest BCUT2D eigenvalue weighted by atomic mass is 9.90. The number of rotatable bonds is 10. The third-order valence-electron chi connectivity index (χ3n) is 2.45. The standard InChI is InChI=1S/C13H26N2O/c1-4-10-16-11-6-9-15-8-5-7-13(2,3)12-14/h15H,4-11H2,1-3H3. The summed E-state index contributed by atoms with van der Waals surface area (Å²) in [5.74, 6) is 0. The highest BCUT2D eigenvalue weighted by Crippen LogP contribution is 2.19. The van der Waals surface area contributed by atoms with Gasteiger partial charge in [-0.1, -0.05) is 6.92 Å². The first-order chi connectivity index (χ1) is 7.62. The van der Waals surface area contributed by atoms with Gasteiger partial charge in [-0.25, -0.2) is 0 Å². The lowest BCUT2D eigenvalue weighted by molar-refractivity contribution is 0.132. The van der Waals surface area contributed by atoms with Crippen LogP contribution in [0.15, 0.2) is 0 Å². The van der Waals surface area contributed by atoms with Crippen molar-refractivity contribution in [3.8, 4) is 6.07 Å². The Labute approximate surface area is 100 Å². The molecular formula is C13H26N2O. The summed E-state index contributed by atoms with van der Waals surface area (Å²) in [6.45, 7) is 9.84. The van der Waals surface area contributed by atoms with Crippen molar-refractivity contribution in [3.63, 3.8) is 0 Å². The number of nitrogens with one attached hydrogen (secondary N) is 1. The average Bonchev–Trinajstić information content (AvgIpc) is 2.27. The van der Waals surface area contributed by atoms with E-state index in [0.29, 0.717) is 0 Å². The Morgan fingerprint density at radius 3 is 2.50 bits per heavy atom. The predicted molar refractivity (Wildman–Crippen MR) is 67.2 cm³/mol. The third-order valence-corrected chi connectivity index (χ3v) is 2.45. The highest BCUT2D eigenvalue weighted by atomic mass is 16.5. The Morgan fingerprint density at radius 2 is 1.88 bits per heavy atom. The van der Waals surface area contributed by atoms with E-state index in [1.807, 2.05) is 13.8 Å². The van der Waals surface area contributed by atoms with Gasteiger partial charge in [0.1, 0.15) is 0 Å². The van der Waals surface area contributed by atoms with E-state index in [9.17, 15) is 0 Å². The Bertz CT molecular complexity index is 197. The molecule has 0 aliphatic carbocycles. The van der Waals surface area contributed by atoms with Crippen LogP contribution in [-0.2, 0) is 4.74 Å². The van der Waals surface area contributed by atoms with E-state index >= 15 is 0 Å². The molecule has 3 heteroatoms. The minimum absolute atomic E-state index is 0.175. The van der Waals surface area contributed by atoms with Crippen LogP contribution in [0.25, 0.3) is 0 Å². The predicted octanol–water partition coefficient (Wildman–Crippen LogP) is 2.72. The molecule has 0 aliphatic rings. The maximum atomic E-state index is 8.83. The second-order valence-corrected chi connectivity index (χ2v) is 4.82. The van der Waals surface area contributed by atoms with Gasteiger partial charge in [-0.05, 0) is 52.6 Å². The summed E-state index contributed by atoms with van der Waals surface area (Å²) in [5.41, 5.74) is -0.175. The van der Waals surface area contributed by atoms with Crippen LogP contribution in [0.4, 0.5) is 0 Å². The molecule has 0 aromatic carbocycles. The van der Waals surface area contributed by atoms with Crippen LogP contribution in [0.1, 0.15) is 46.5 Å². The molecule has 0 aromatic heterocycles. The van der Waals surface area contributed by atoms with Crippen molar-refractivity contribution in [1.29, 1.82) is 5.26 Å². The smallest absolute Gasteiger partial charge is 0.0683 e. The van der Waals surface area contributed by atoms with Crippen molar-refractivity contribution in [2.45, 2.75) is 46.5 Å². The Kier molecular flexibility index (Phi) is 9.27. The summed E-state index contributed by atoms with van der Waals surface area (Å²) in [7, 11) is 0. The van der Waals surface area contributed by atoms with E-state index in [0.717, 1.165) is 52.0 Å². The van der Waals surface area contributed by atoms with E-state index in [1.165, 1.54) is 0 Å².